The predicted octanol–water partition coefficient (Wildman–Crippen LogP) is 7.00. The lowest BCUT2D eigenvalue weighted by Gasteiger charge is -2.28. The number of hydrogen-bond donors (Lipinski definition) is 0. The van der Waals surface area contributed by atoms with Gasteiger partial charge in [0, 0.05) is 48.7 Å². The first-order chi connectivity index (χ1) is 18.4. The van der Waals surface area contributed by atoms with E-state index in [0.717, 1.165) is 64.0 Å². The van der Waals surface area contributed by atoms with Crippen molar-refractivity contribution in [2.45, 2.75) is 69.0 Å². The molecule has 0 bridgehead atoms. The van der Waals surface area contributed by atoms with Crippen LogP contribution in [0.5, 0.6) is 0 Å². The van der Waals surface area contributed by atoms with Crippen molar-refractivity contribution < 1.29 is 4.74 Å². The maximum Gasteiger partial charge on any atom is 0.145 e. The predicted molar refractivity (Wildman–Crippen MR) is 156 cm³/mol. The Bertz CT molecular complexity index is 1410. The van der Waals surface area contributed by atoms with Crippen LogP contribution in [0.1, 0.15) is 37.3 Å². The molecular weight excluding hydrogens is 509 g/mol. The van der Waals surface area contributed by atoms with Crippen molar-refractivity contribution in [3.05, 3.63) is 60.8 Å². The van der Waals surface area contributed by atoms with Gasteiger partial charge in [0.2, 0.25) is 0 Å². The largest absolute Gasteiger partial charge is 0.361 e. The Labute approximate surface area is 230 Å². The van der Waals surface area contributed by atoms with E-state index in [1.807, 2.05) is 42.4 Å². The molecule has 0 saturated heterocycles. The molecule has 1 fully saturated rings. The van der Waals surface area contributed by atoms with Crippen LogP contribution in [0.2, 0.25) is 25.7 Å². The zero-order valence-corrected chi connectivity index (χ0v) is 24.3. The minimum absolute atomic E-state index is 0.415. The molecule has 1 aliphatic rings. The van der Waals surface area contributed by atoms with Crippen molar-refractivity contribution in [2.75, 3.05) is 12.4 Å². The van der Waals surface area contributed by atoms with Gasteiger partial charge in [0.05, 0.1) is 23.5 Å². The zero-order chi connectivity index (χ0) is 26.5. The monoisotopic (exact) mass is 544 g/mol. The van der Waals surface area contributed by atoms with E-state index in [0.29, 0.717) is 18.7 Å². The van der Waals surface area contributed by atoms with Crippen molar-refractivity contribution in [1.82, 2.24) is 24.3 Å². The molecule has 3 aromatic heterocycles. The number of aromatic nitrogens is 5. The van der Waals surface area contributed by atoms with E-state index in [1.165, 1.54) is 12.8 Å². The van der Waals surface area contributed by atoms with Gasteiger partial charge in [-0.2, -0.15) is 10.4 Å². The van der Waals surface area contributed by atoms with Crippen LogP contribution >= 0.6 is 11.8 Å². The van der Waals surface area contributed by atoms with Crippen molar-refractivity contribution in [3.8, 4) is 17.3 Å². The van der Waals surface area contributed by atoms with E-state index in [-0.39, 0.29) is 0 Å². The Morgan fingerprint density at radius 1 is 1.11 bits per heavy atom. The van der Waals surface area contributed by atoms with Crippen LogP contribution in [-0.2, 0) is 11.5 Å². The molecule has 5 rings (SSSR count). The van der Waals surface area contributed by atoms with Crippen LogP contribution in [-0.4, -0.2) is 44.7 Å². The van der Waals surface area contributed by atoms with E-state index in [4.69, 9.17) is 9.84 Å². The Hall–Kier alpha value is -2.93. The van der Waals surface area contributed by atoms with E-state index in [9.17, 15) is 5.26 Å². The van der Waals surface area contributed by atoms with Crippen molar-refractivity contribution >= 4 is 30.9 Å². The van der Waals surface area contributed by atoms with Crippen LogP contribution in [0.3, 0.4) is 0 Å². The van der Waals surface area contributed by atoms with Crippen molar-refractivity contribution in [2.24, 2.45) is 5.92 Å². The molecule has 0 aliphatic heterocycles. The van der Waals surface area contributed by atoms with Crippen LogP contribution in [0.25, 0.3) is 22.3 Å². The lowest BCUT2D eigenvalue weighted by molar-refractivity contribution is 0.0899. The van der Waals surface area contributed by atoms with Gasteiger partial charge in [0.15, 0.2) is 0 Å². The van der Waals surface area contributed by atoms with E-state index < -0.39 is 8.07 Å². The highest BCUT2D eigenvalue weighted by molar-refractivity contribution is 7.99. The first-order valence-corrected chi connectivity index (χ1v) is 18.1. The number of nitrogens with zero attached hydrogens (tertiary/aromatic N) is 6. The number of hydrogen-bond acceptors (Lipinski definition) is 6. The van der Waals surface area contributed by atoms with Gasteiger partial charge >= 0.3 is 0 Å². The second kappa shape index (κ2) is 11.8. The summed E-state index contributed by atoms with van der Waals surface area (Å²) in [6.07, 6.45) is 12.4. The van der Waals surface area contributed by atoms with Crippen LogP contribution in [0, 0.1) is 17.2 Å². The molecule has 38 heavy (non-hydrogen) atoms. The summed E-state index contributed by atoms with van der Waals surface area (Å²) in [5.74, 6) is 1.74. The molecule has 9 heteroatoms. The van der Waals surface area contributed by atoms with Gasteiger partial charge in [0.1, 0.15) is 24.8 Å². The molecule has 0 N–H and O–H groups in total. The third-order valence-corrected chi connectivity index (χ3v) is 10.3. The van der Waals surface area contributed by atoms with Crippen molar-refractivity contribution in [1.29, 1.82) is 5.26 Å². The first kappa shape index (κ1) is 26.7. The SMILES string of the molecule is C[Si](C)(C)CCOCn1ccc2c(-c3cnn([C@H]4CC[C@@H](CSc5ccccc5C#N)CC4)c3)ncnc21. The molecule has 1 aromatic carbocycles. The summed E-state index contributed by atoms with van der Waals surface area (Å²) in [6.45, 7) is 8.39. The molecule has 0 spiro atoms. The highest BCUT2D eigenvalue weighted by Gasteiger charge is 2.24. The van der Waals surface area contributed by atoms with Gasteiger partial charge in [0.25, 0.3) is 0 Å². The molecule has 0 atom stereocenters. The summed E-state index contributed by atoms with van der Waals surface area (Å²) in [4.78, 5) is 10.3. The molecular formula is C29H36N6OSSi. The fraction of sp³-hybridized carbons (Fsp3) is 0.448. The zero-order valence-electron chi connectivity index (χ0n) is 22.5. The molecule has 1 aliphatic carbocycles. The maximum absolute atomic E-state index is 9.34. The summed E-state index contributed by atoms with van der Waals surface area (Å²) >= 11 is 1.82. The minimum atomic E-state index is -1.11. The number of thioether (sulfide) groups is 1. The summed E-state index contributed by atoms with van der Waals surface area (Å²) < 4.78 is 10.2. The number of rotatable bonds is 10. The van der Waals surface area contributed by atoms with Crippen LogP contribution in [0.4, 0.5) is 0 Å². The van der Waals surface area contributed by atoms with Gasteiger partial charge in [-0.15, -0.1) is 11.8 Å². The van der Waals surface area contributed by atoms with Gasteiger partial charge in [-0.3, -0.25) is 4.68 Å². The Kier molecular flexibility index (Phi) is 8.32. The maximum atomic E-state index is 9.34. The first-order valence-electron chi connectivity index (χ1n) is 13.5. The van der Waals surface area contributed by atoms with Gasteiger partial charge in [-0.1, -0.05) is 31.8 Å². The molecule has 0 unspecified atom stereocenters. The third-order valence-electron chi connectivity index (χ3n) is 7.33. The molecule has 0 amide bonds. The lowest BCUT2D eigenvalue weighted by Crippen LogP contribution is -2.22. The number of nitriles is 1. The normalized spacial score (nSPS) is 18.1. The fourth-order valence-corrected chi connectivity index (χ4v) is 6.96. The summed E-state index contributed by atoms with van der Waals surface area (Å²) in [7, 11) is -1.11. The third kappa shape index (κ3) is 6.37. The van der Waals surface area contributed by atoms with E-state index in [1.54, 1.807) is 6.33 Å². The van der Waals surface area contributed by atoms with Gasteiger partial charge < -0.3 is 9.30 Å². The van der Waals surface area contributed by atoms with Gasteiger partial charge in [-0.05, 0) is 55.8 Å². The smallest absolute Gasteiger partial charge is 0.145 e. The van der Waals surface area contributed by atoms with E-state index >= 15 is 0 Å². The Morgan fingerprint density at radius 3 is 2.71 bits per heavy atom. The van der Waals surface area contributed by atoms with Crippen molar-refractivity contribution in [3.63, 3.8) is 0 Å². The van der Waals surface area contributed by atoms with Crippen LogP contribution in [0.15, 0.2) is 60.1 Å². The lowest BCUT2D eigenvalue weighted by atomic mass is 9.87. The second-order valence-electron chi connectivity index (χ2n) is 11.4. The van der Waals surface area contributed by atoms with Crippen LogP contribution < -0.4 is 0 Å². The second-order valence-corrected chi connectivity index (χ2v) is 18.1. The Morgan fingerprint density at radius 2 is 1.92 bits per heavy atom. The quantitative estimate of drug-likeness (QED) is 0.121. The van der Waals surface area contributed by atoms with Gasteiger partial charge in [-0.25, -0.2) is 9.97 Å². The van der Waals surface area contributed by atoms with E-state index in [2.05, 4.69) is 63.3 Å². The topological polar surface area (TPSA) is 81.5 Å². The molecule has 198 valence electrons. The standard InChI is InChI=1S/C29H36N6OSSi/c1-38(2,3)15-14-36-21-34-13-12-26-28(31-20-32-29(26)34)24-17-33-35(18-24)25-10-8-22(9-11-25)19-37-27-7-5-4-6-23(27)16-30/h4-7,12-13,17-18,20,22,25H,8-11,14-15,19,21H2,1-3H3/t22-,25+. The number of benzene rings is 1. The molecule has 7 nitrogen and oxygen atoms in total. The molecule has 3 heterocycles. The summed E-state index contributed by atoms with van der Waals surface area (Å²) in [6, 6.07) is 13.9. The highest BCUT2D eigenvalue weighted by Crippen LogP contribution is 2.36. The average molecular weight is 545 g/mol. The minimum Gasteiger partial charge on any atom is -0.361 e. The Balaban J connectivity index is 1.19. The molecule has 1 saturated carbocycles. The summed E-state index contributed by atoms with van der Waals surface area (Å²) in [5.41, 5.74) is 3.62. The number of fused-ring (bicyclic) bond motifs is 1. The summed E-state index contributed by atoms with van der Waals surface area (Å²) in [5, 5.41) is 15.1. The molecule has 0 radical (unpaired) electrons. The fourth-order valence-electron chi connectivity index (χ4n) is 5.01. The average Bonchev–Trinajstić information content (AvgIpc) is 3.58. The molecule has 4 aromatic rings. The highest BCUT2D eigenvalue weighted by atomic mass is 32.2. The number of ether oxygens (including phenoxy) is 1.